The van der Waals surface area contributed by atoms with E-state index in [1.165, 1.54) is 0 Å². The van der Waals surface area contributed by atoms with Gasteiger partial charge in [-0.25, -0.2) is 0 Å². The van der Waals surface area contributed by atoms with E-state index in [0.717, 1.165) is 48.6 Å². The standard InChI is InChI=1S/C13H19N3O/c1-3-11-10(8-9(2)15-16-11)13(14)12-6-4-5-7-17-12/h6,8,13H,3-5,7,14H2,1-2H3. The van der Waals surface area contributed by atoms with Gasteiger partial charge in [-0.2, -0.15) is 10.2 Å². The highest BCUT2D eigenvalue weighted by Crippen LogP contribution is 2.25. The van der Waals surface area contributed by atoms with Gasteiger partial charge in [0, 0.05) is 5.56 Å². The van der Waals surface area contributed by atoms with E-state index in [1.54, 1.807) is 0 Å². The highest BCUT2D eigenvalue weighted by Gasteiger charge is 2.19. The van der Waals surface area contributed by atoms with Crippen molar-refractivity contribution in [2.75, 3.05) is 6.61 Å². The fraction of sp³-hybridized carbons (Fsp3) is 0.538. The molecule has 2 N–H and O–H groups in total. The number of nitrogens with two attached hydrogens (primary N) is 1. The summed E-state index contributed by atoms with van der Waals surface area (Å²) in [5, 5.41) is 8.27. The smallest absolute Gasteiger partial charge is 0.113 e. The van der Waals surface area contributed by atoms with E-state index in [0.29, 0.717) is 0 Å². The topological polar surface area (TPSA) is 61.0 Å². The van der Waals surface area contributed by atoms with Crippen molar-refractivity contribution in [1.82, 2.24) is 10.2 Å². The largest absolute Gasteiger partial charge is 0.496 e. The fourth-order valence-corrected chi connectivity index (χ4v) is 2.02. The SMILES string of the molecule is CCc1nnc(C)cc1C(N)C1=CCCCO1. The maximum absolute atomic E-state index is 6.25. The van der Waals surface area contributed by atoms with Gasteiger partial charge >= 0.3 is 0 Å². The Kier molecular flexibility index (Phi) is 3.74. The van der Waals surface area contributed by atoms with Crippen molar-refractivity contribution in [3.63, 3.8) is 0 Å². The van der Waals surface area contributed by atoms with Gasteiger partial charge in [0.25, 0.3) is 0 Å². The van der Waals surface area contributed by atoms with Gasteiger partial charge in [0.05, 0.1) is 24.0 Å². The second kappa shape index (κ2) is 5.27. The van der Waals surface area contributed by atoms with E-state index in [2.05, 4.69) is 23.2 Å². The molecule has 1 aromatic rings. The van der Waals surface area contributed by atoms with Crippen LogP contribution >= 0.6 is 0 Å². The first kappa shape index (κ1) is 12.0. The van der Waals surface area contributed by atoms with Crippen molar-refractivity contribution in [1.29, 1.82) is 0 Å². The molecule has 4 heteroatoms. The minimum absolute atomic E-state index is 0.209. The van der Waals surface area contributed by atoms with Crippen LogP contribution in [0.1, 0.15) is 42.8 Å². The highest BCUT2D eigenvalue weighted by molar-refractivity contribution is 5.30. The van der Waals surface area contributed by atoms with Gasteiger partial charge in [0.1, 0.15) is 5.76 Å². The molecular formula is C13H19N3O. The van der Waals surface area contributed by atoms with E-state index in [1.807, 2.05) is 13.0 Å². The van der Waals surface area contributed by atoms with Gasteiger partial charge in [0.15, 0.2) is 0 Å². The Balaban J connectivity index is 2.31. The van der Waals surface area contributed by atoms with Crippen molar-refractivity contribution in [2.45, 2.75) is 39.2 Å². The second-order valence-electron chi connectivity index (χ2n) is 4.32. The quantitative estimate of drug-likeness (QED) is 0.868. The Labute approximate surface area is 102 Å². The first-order valence-electron chi connectivity index (χ1n) is 6.14. The summed E-state index contributed by atoms with van der Waals surface area (Å²) >= 11 is 0. The van der Waals surface area contributed by atoms with E-state index >= 15 is 0 Å². The lowest BCUT2D eigenvalue weighted by atomic mass is 10.0. The van der Waals surface area contributed by atoms with Crippen LogP contribution in [0, 0.1) is 6.92 Å². The molecule has 1 aliphatic heterocycles. The average molecular weight is 233 g/mol. The molecule has 0 bridgehead atoms. The van der Waals surface area contributed by atoms with Crippen LogP contribution in [-0.4, -0.2) is 16.8 Å². The summed E-state index contributed by atoms with van der Waals surface area (Å²) in [5.74, 6) is 0.873. The molecule has 0 saturated carbocycles. The Hall–Kier alpha value is -1.42. The van der Waals surface area contributed by atoms with Crippen LogP contribution in [-0.2, 0) is 11.2 Å². The maximum Gasteiger partial charge on any atom is 0.113 e. The highest BCUT2D eigenvalue weighted by atomic mass is 16.5. The molecule has 92 valence electrons. The van der Waals surface area contributed by atoms with Crippen LogP contribution < -0.4 is 5.73 Å². The van der Waals surface area contributed by atoms with Gasteiger partial charge in [-0.3, -0.25) is 0 Å². The molecule has 0 saturated heterocycles. The molecule has 0 aliphatic carbocycles. The molecule has 17 heavy (non-hydrogen) atoms. The zero-order chi connectivity index (χ0) is 12.3. The summed E-state index contributed by atoms with van der Waals surface area (Å²) in [5.41, 5.74) is 9.14. The monoisotopic (exact) mass is 233 g/mol. The van der Waals surface area contributed by atoms with E-state index in [-0.39, 0.29) is 6.04 Å². The number of ether oxygens (including phenoxy) is 1. The number of rotatable bonds is 3. The van der Waals surface area contributed by atoms with E-state index < -0.39 is 0 Å². The Morgan fingerprint density at radius 2 is 2.29 bits per heavy atom. The van der Waals surface area contributed by atoms with Crippen LogP contribution in [0.5, 0.6) is 0 Å². The van der Waals surface area contributed by atoms with Crippen LogP contribution in [0.15, 0.2) is 17.9 Å². The third kappa shape index (κ3) is 2.64. The third-order valence-electron chi connectivity index (χ3n) is 2.97. The normalized spacial score (nSPS) is 17.2. The average Bonchev–Trinajstić information content (AvgIpc) is 2.39. The summed E-state index contributed by atoms with van der Waals surface area (Å²) in [6, 6.07) is 1.80. The molecule has 1 atom stereocenters. The Morgan fingerprint density at radius 3 is 2.94 bits per heavy atom. The number of allylic oxidation sites excluding steroid dienone is 1. The molecule has 0 fully saturated rings. The predicted octanol–water partition coefficient (Wildman–Crippen LogP) is 2.04. The zero-order valence-electron chi connectivity index (χ0n) is 10.4. The predicted molar refractivity (Wildman–Crippen MR) is 66.3 cm³/mol. The molecule has 4 nitrogen and oxygen atoms in total. The number of hydrogen-bond donors (Lipinski definition) is 1. The molecule has 1 aromatic heterocycles. The molecule has 2 rings (SSSR count). The minimum Gasteiger partial charge on any atom is -0.496 e. The molecule has 0 radical (unpaired) electrons. The number of aryl methyl sites for hydroxylation is 2. The van der Waals surface area contributed by atoms with Gasteiger partial charge in [-0.1, -0.05) is 6.92 Å². The molecule has 0 spiro atoms. The third-order valence-corrected chi connectivity index (χ3v) is 2.97. The summed E-state index contributed by atoms with van der Waals surface area (Å²) < 4.78 is 5.62. The van der Waals surface area contributed by atoms with Crippen molar-refractivity contribution in [3.8, 4) is 0 Å². The molecule has 0 aromatic carbocycles. The van der Waals surface area contributed by atoms with Crippen molar-refractivity contribution in [2.24, 2.45) is 5.73 Å². The lowest BCUT2D eigenvalue weighted by Gasteiger charge is -2.22. The molecular weight excluding hydrogens is 214 g/mol. The van der Waals surface area contributed by atoms with Crippen LogP contribution in [0.3, 0.4) is 0 Å². The summed E-state index contributed by atoms with van der Waals surface area (Å²) in [7, 11) is 0. The maximum atomic E-state index is 6.25. The first-order valence-corrected chi connectivity index (χ1v) is 6.14. The zero-order valence-corrected chi connectivity index (χ0v) is 10.4. The van der Waals surface area contributed by atoms with E-state index in [9.17, 15) is 0 Å². The number of aromatic nitrogens is 2. The van der Waals surface area contributed by atoms with Gasteiger partial charge in [-0.05, 0) is 38.3 Å². The van der Waals surface area contributed by atoms with Crippen molar-refractivity contribution >= 4 is 0 Å². The molecule has 2 heterocycles. The summed E-state index contributed by atoms with van der Waals surface area (Å²) in [6.45, 7) is 4.75. The Morgan fingerprint density at radius 1 is 1.47 bits per heavy atom. The van der Waals surface area contributed by atoms with Crippen molar-refractivity contribution in [3.05, 3.63) is 34.9 Å². The van der Waals surface area contributed by atoms with Crippen molar-refractivity contribution < 1.29 is 4.74 Å². The minimum atomic E-state index is -0.209. The first-order chi connectivity index (χ1) is 8.22. The summed E-state index contributed by atoms with van der Waals surface area (Å²) in [6.07, 6.45) is 5.04. The molecule has 1 unspecified atom stereocenters. The lowest BCUT2D eigenvalue weighted by molar-refractivity contribution is 0.175. The van der Waals surface area contributed by atoms with Gasteiger partial charge in [0.2, 0.25) is 0 Å². The van der Waals surface area contributed by atoms with Crippen LogP contribution in [0.25, 0.3) is 0 Å². The lowest BCUT2D eigenvalue weighted by Crippen LogP contribution is -2.20. The van der Waals surface area contributed by atoms with Crippen LogP contribution in [0.2, 0.25) is 0 Å². The van der Waals surface area contributed by atoms with E-state index in [4.69, 9.17) is 10.5 Å². The van der Waals surface area contributed by atoms with Crippen LogP contribution in [0.4, 0.5) is 0 Å². The van der Waals surface area contributed by atoms with Gasteiger partial charge < -0.3 is 10.5 Å². The molecule has 0 amide bonds. The van der Waals surface area contributed by atoms with Gasteiger partial charge in [-0.15, -0.1) is 0 Å². The number of nitrogens with zero attached hydrogens (tertiary/aromatic N) is 2. The summed E-state index contributed by atoms with van der Waals surface area (Å²) in [4.78, 5) is 0. The molecule has 1 aliphatic rings. The second-order valence-corrected chi connectivity index (χ2v) is 4.32. The Bertz CT molecular complexity index is 429. The fourth-order valence-electron chi connectivity index (χ4n) is 2.02. The number of hydrogen-bond acceptors (Lipinski definition) is 4.